The van der Waals surface area contributed by atoms with E-state index in [1.54, 1.807) is 7.11 Å². The van der Waals surface area contributed by atoms with Crippen molar-refractivity contribution in [3.05, 3.63) is 96.3 Å². The summed E-state index contributed by atoms with van der Waals surface area (Å²) >= 11 is 0. The zero-order valence-corrected chi connectivity index (χ0v) is 20.0. The Labute approximate surface area is 201 Å². The van der Waals surface area contributed by atoms with Crippen LogP contribution in [0.1, 0.15) is 29.8 Å². The number of benzene rings is 3. The van der Waals surface area contributed by atoms with Gasteiger partial charge in [-0.15, -0.1) is 6.58 Å². The normalized spacial score (nSPS) is 10.9. The molecule has 0 aliphatic heterocycles. The van der Waals surface area contributed by atoms with E-state index in [9.17, 15) is 0 Å². The van der Waals surface area contributed by atoms with Crippen LogP contribution in [0.3, 0.4) is 0 Å². The number of hydrogen-bond donors (Lipinski definition) is 0. The van der Waals surface area contributed by atoms with Crippen molar-refractivity contribution in [1.82, 2.24) is 9.55 Å². The van der Waals surface area contributed by atoms with E-state index in [1.165, 1.54) is 5.56 Å². The highest BCUT2D eigenvalue weighted by Gasteiger charge is 2.11. The third-order valence-electron chi connectivity index (χ3n) is 5.76. The molecule has 176 valence electrons. The van der Waals surface area contributed by atoms with Crippen molar-refractivity contribution in [1.29, 1.82) is 0 Å². The number of aryl methyl sites for hydroxylation is 2. The van der Waals surface area contributed by atoms with Crippen molar-refractivity contribution in [2.75, 3.05) is 13.7 Å². The molecule has 0 saturated carbocycles. The molecular formula is C29H32N2O3. The second kappa shape index (κ2) is 11.4. The molecule has 4 rings (SSSR count). The number of unbranched alkanes of at least 4 members (excludes halogenated alkanes) is 1. The van der Waals surface area contributed by atoms with Gasteiger partial charge in [-0.3, -0.25) is 0 Å². The van der Waals surface area contributed by atoms with Crippen LogP contribution in [0.25, 0.3) is 11.0 Å². The van der Waals surface area contributed by atoms with Gasteiger partial charge in [0.25, 0.3) is 0 Å². The Morgan fingerprint density at radius 3 is 2.56 bits per heavy atom. The predicted molar refractivity (Wildman–Crippen MR) is 137 cm³/mol. The third-order valence-corrected chi connectivity index (χ3v) is 5.76. The number of imidazole rings is 1. The average molecular weight is 457 g/mol. The smallest absolute Gasteiger partial charge is 0.161 e. The number of rotatable bonds is 12. The second-order valence-electron chi connectivity index (χ2n) is 8.30. The predicted octanol–water partition coefficient (Wildman–Crippen LogP) is 6.52. The van der Waals surface area contributed by atoms with Crippen LogP contribution in [0.2, 0.25) is 0 Å². The van der Waals surface area contributed by atoms with Crippen molar-refractivity contribution in [2.45, 2.75) is 39.3 Å². The van der Waals surface area contributed by atoms with E-state index in [2.05, 4.69) is 48.4 Å². The number of nitrogens with zero attached hydrogens (tertiary/aromatic N) is 2. The summed E-state index contributed by atoms with van der Waals surface area (Å²) in [5.74, 6) is 3.32. The van der Waals surface area contributed by atoms with Crippen LogP contribution >= 0.6 is 0 Å². The molecule has 0 saturated heterocycles. The summed E-state index contributed by atoms with van der Waals surface area (Å²) < 4.78 is 19.8. The minimum Gasteiger partial charge on any atom is -0.493 e. The summed E-state index contributed by atoms with van der Waals surface area (Å²) in [4.78, 5) is 4.82. The van der Waals surface area contributed by atoms with Crippen LogP contribution in [0, 0.1) is 6.92 Å². The lowest BCUT2D eigenvalue weighted by Gasteiger charge is -2.13. The van der Waals surface area contributed by atoms with Gasteiger partial charge in [0.15, 0.2) is 11.5 Å². The van der Waals surface area contributed by atoms with Crippen molar-refractivity contribution in [3.63, 3.8) is 0 Å². The number of allylic oxidation sites excluding steroid dienone is 1. The summed E-state index contributed by atoms with van der Waals surface area (Å²) in [6, 6.07) is 22.4. The molecule has 0 unspecified atom stereocenters. The molecule has 0 N–H and O–H groups in total. The average Bonchev–Trinajstić information content (AvgIpc) is 3.21. The molecule has 0 atom stereocenters. The Morgan fingerprint density at radius 1 is 0.941 bits per heavy atom. The minimum absolute atomic E-state index is 0.433. The minimum atomic E-state index is 0.433. The number of ether oxygens (including phenoxy) is 3. The van der Waals surface area contributed by atoms with Crippen LogP contribution in [0.5, 0.6) is 17.2 Å². The summed E-state index contributed by atoms with van der Waals surface area (Å²) in [7, 11) is 1.67. The highest BCUT2D eigenvalue weighted by molar-refractivity contribution is 5.75. The number of para-hydroxylation sites is 2. The third kappa shape index (κ3) is 5.79. The Kier molecular flexibility index (Phi) is 7.87. The first-order valence-corrected chi connectivity index (χ1v) is 11.7. The highest BCUT2D eigenvalue weighted by Crippen LogP contribution is 2.28. The lowest BCUT2D eigenvalue weighted by molar-refractivity contribution is 0.278. The summed E-state index contributed by atoms with van der Waals surface area (Å²) in [5, 5.41) is 0. The molecule has 34 heavy (non-hydrogen) atoms. The fraction of sp³-hybridized carbons (Fsp3) is 0.276. The zero-order chi connectivity index (χ0) is 23.8. The van der Waals surface area contributed by atoms with Gasteiger partial charge in [-0.1, -0.05) is 42.0 Å². The van der Waals surface area contributed by atoms with Crippen LogP contribution in [0.15, 0.2) is 79.4 Å². The molecule has 3 aromatic carbocycles. The molecule has 0 bridgehead atoms. The highest BCUT2D eigenvalue weighted by atomic mass is 16.5. The van der Waals surface area contributed by atoms with Gasteiger partial charge in [-0.05, 0) is 68.1 Å². The molecule has 5 nitrogen and oxygen atoms in total. The first-order chi connectivity index (χ1) is 16.7. The summed E-state index contributed by atoms with van der Waals surface area (Å²) in [6.07, 6.45) is 4.58. The van der Waals surface area contributed by atoms with Crippen LogP contribution in [0.4, 0.5) is 0 Å². The van der Waals surface area contributed by atoms with E-state index >= 15 is 0 Å². The number of methoxy groups -OCH3 is 1. The fourth-order valence-corrected chi connectivity index (χ4v) is 3.95. The Morgan fingerprint density at radius 2 is 1.76 bits per heavy atom. The van der Waals surface area contributed by atoms with Gasteiger partial charge in [0.05, 0.1) is 24.8 Å². The maximum Gasteiger partial charge on any atom is 0.161 e. The van der Waals surface area contributed by atoms with E-state index in [0.29, 0.717) is 13.2 Å². The largest absolute Gasteiger partial charge is 0.493 e. The number of fused-ring (bicyclic) bond motifs is 1. The van der Waals surface area contributed by atoms with Crippen molar-refractivity contribution >= 4 is 11.0 Å². The monoisotopic (exact) mass is 456 g/mol. The second-order valence-corrected chi connectivity index (χ2v) is 8.30. The van der Waals surface area contributed by atoms with Crippen LogP contribution in [-0.2, 0) is 19.6 Å². The Bertz CT molecular complexity index is 1230. The fourth-order valence-electron chi connectivity index (χ4n) is 3.95. The SMILES string of the molecule is C=CCc1ccc(OCCCCn2c(COc3ccc(C)cc3)nc3ccccc32)c(OC)c1. The first kappa shape index (κ1) is 23.4. The van der Waals surface area contributed by atoms with E-state index in [0.717, 1.165) is 65.5 Å². The van der Waals surface area contributed by atoms with Gasteiger partial charge < -0.3 is 18.8 Å². The van der Waals surface area contributed by atoms with Crippen molar-refractivity contribution < 1.29 is 14.2 Å². The first-order valence-electron chi connectivity index (χ1n) is 11.7. The number of aromatic nitrogens is 2. The van der Waals surface area contributed by atoms with Gasteiger partial charge in [-0.2, -0.15) is 0 Å². The topological polar surface area (TPSA) is 45.5 Å². The van der Waals surface area contributed by atoms with E-state index in [4.69, 9.17) is 19.2 Å². The molecule has 5 heteroatoms. The molecule has 4 aromatic rings. The molecule has 1 aromatic heterocycles. The lowest BCUT2D eigenvalue weighted by Crippen LogP contribution is -2.09. The lowest BCUT2D eigenvalue weighted by atomic mass is 10.1. The van der Waals surface area contributed by atoms with Crippen molar-refractivity contribution in [2.24, 2.45) is 0 Å². The molecule has 1 heterocycles. The molecule has 0 radical (unpaired) electrons. The molecule has 0 aliphatic carbocycles. The maximum absolute atomic E-state index is 6.03. The zero-order valence-electron chi connectivity index (χ0n) is 20.0. The van der Waals surface area contributed by atoms with Gasteiger partial charge in [0.2, 0.25) is 0 Å². The van der Waals surface area contributed by atoms with Crippen LogP contribution < -0.4 is 14.2 Å². The standard InChI is InChI=1S/C29H32N2O3/c1-4-9-23-14-17-27(28(20-23)32-3)33-19-8-7-18-31-26-11-6-5-10-25(26)30-29(31)21-34-24-15-12-22(2)13-16-24/h4-6,10-17,20H,1,7-9,18-19,21H2,2-3H3. The van der Waals surface area contributed by atoms with E-state index in [1.807, 2.05) is 42.5 Å². The number of hydrogen-bond acceptors (Lipinski definition) is 4. The molecule has 0 amide bonds. The van der Waals surface area contributed by atoms with Crippen molar-refractivity contribution in [3.8, 4) is 17.2 Å². The maximum atomic E-state index is 6.03. The molecular weight excluding hydrogens is 424 g/mol. The van der Waals surface area contributed by atoms with Gasteiger partial charge in [-0.25, -0.2) is 4.98 Å². The summed E-state index contributed by atoms with van der Waals surface area (Å²) in [6.45, 7) is 7.77. The molecule has 0 spiro atoms. The molecule has 0 fully saturated rings. The Balaban J connectivity index is 1.36. The van der Waals surface area contributed by atoms with E-state index in [-0.39, 0.29) is 0 Å². The van der Waals surface area contributed by atoms with Crippen LogP contribution in [-0.4, -0.2) is 23.3 Å². The van der Waals surface area contributed by atoms with Gasteiger partial charge in [0, 0.05) is 6.54 Å². The van der Waals surface area contributed by atoms with Gasteiger partial charge in [0.1, 0.15) is 18.2 Å². The molecule has 0 aliphatic rings. The quantitative estimate of drug-likeness (QED) is 0.180. The van der Waals surface area contributed by atoms with E-state index < -0.39 is 0 Å². The van der Waals surface area contributed by atoms with Gasteiger partial charge >= 0.3 is 0 Å². The Hall–Kier alpha value is -3.73. The summed E-state index contributed by atoms with van der Waals surface area (Å²) in [5.41, 5.74) is 4.50.